The summed E-state index contributed by atoms with van der Waals surface area (Å²) in [7, 11) is 1.49. The summed E-state index contributed by atoms with van der Waals surface area (Å²) >= 11 is 0. The van der Waals surface area contributed by atoms with Gasteiger partial charge in [0.1, 0.15) is 19.8 Å². The van der Waals surface area contributed by atoms with Crippen LogP contribution in [-0.2, 0) is 32.7 Å². The molecular weight excluding hydrogens is 750 g/mol. The number of esters is 2. The van der Waals surface area contributed by atoms with Gasteiger partial charge in [0.25, 0.3) is 0 Å². The highest BCUT2D eigenvalue weighted by atomic mass is 31.2. The second-order valence-corrected chi connectivity index (χ2v) is 19.3. The summed E-state index contributed by atoms with van der Waals surface area (Å²) in [5.41, 5.74) is 0. The van der Waals surface area contributed by atoms with Gasteiger partial charge in [-0.1, -0.05) is 193 Å². The number of quaternary nitrogens is 1. The number of phosphoric acid groups is 1. The highest BCUT2D eigenvalue weighted by molar-refractivity contribution is 7.47. The Morgan fingerprint density at radius 3 is 1.29 bits per heavy atom. The Balaban J connectivity index is 4.25. The van der Waals surface area contributed by atoms with Crippen molar-refractivity contribution in [1.29, 1.82) is 0 Å². The molecule has 0 aliphatic carbocycles. The maximum Gasteiger partial charge on any atom is 0.472 e. The molecule has 0 aromatic heterocycles. The van der Waals surface area contributed by atoms with Crippen molar-refractivity contribution in [3.8, 4) is 0 Å². The predicted octanol–water partition coefficient (Wildman–Crippen LogP) is 14.1. The second-order valence-electron chi connectivity index (χ2n) is 17.9. The van der Waals surface area contributed by atoms with Crippen LogP contribution < -0.4 is 0 Å². The quantitative estimate of drug-likeness (QED) is 0.0212. The second kappa shape index (κ2) is 41.1. The summed E-state index contributed by atoms with van der Waals surface area (Å²) in [6, 6.07) is 0. The van der Waals surface area contributed by atoms with Crippen LogP contribution in [0.25, 0.3) is 0 Å². The minimum absolute atomic E-state index is 0.0344. The number of nitrogens with zero attached hydrogens (tertiary/aromatic N) is 1. The first kappa shape index (κ1) is 56.8. The lowest BCUT2D eigenvalue weighted by Gasteiger charge is -2.24. The highest BCUT2D eigenvalue weighted by Crippen LogP contribution is 2.43. The maximum atomic E-state index is 12.7. The van der Waals surface area contributed by atoms with E-state index in [4.69, 9.17) is 18.5 Å². The molecule has 1 unspecified atom stereocenters. The van der Waals surface area contributed by atoms with Crippen LogP contribution in [0.15, 0.2) is 12.2 Å². The zero-order valence-corrected chi connectivity index (χ0v) is 39.7. The molecule has 0 saturated heterocycles. The molecule has 0 bridgehead atoms. The van der Waals surface area contributed by atoms with E-state index in [0.29, 0.717) is 17.4 Å². The molecule has 1 N–H and O–H groups in total. The molecular formula is C48H95NO8P+. The van der Waals surface area contributed by atoms with Crippen molar-refractivity contribution in [3.05, 3.63) is 12.2 Å². The fourth-order valence-corrected chi connectivity index (χ4v) is 7.69. The first-order valence-electron chi connectivity index (χ1n) is 24.4. The molecule has 0 fully saturated rings. The van der Waals surface area contributed by atoms with Gasteiger partial charge < -0.3 is 18.9 Å². The zero-order valence-electron chi connectivity index (χ0n) is 38.8. The van der Waals surface area contributed by atoms with E-state index in [0.717, 1.165) is 32.1 Å². The molecule has 0 aromatic carbocycles. The monoisotopic (exact) mass is 845 g/mol. The van der Waals surface area contributed by atoms with E-state index in [1.807, 2.05) is 21.1 Å². The minimum atomic E-state index is -4.37. The lowest BCUT2D eigenvalue weighted by Crippen LogP contribution is -2.37. The third kappa shape index (κ3) is 44.3. The highest BCUT2D eigenvalue weighted by Gasteiger charge is 2.27. The Bertz CT molecular complexity index is 1000. The van der Waals surface area contributed by atoms with Crippen LogP contribution in [0.3, 0.4) is 0 Å². The van der Waals surface area contributed by atoms with Crippen molar-refractivity contribution in [2.24, 2.45) is 0 Å². The van der Waals surface area contributed by atoms with E-state index >= 15 is 0 Å². The number of allylic oxidation sites excluding steroid dienone is 2. The van der Waals surface area contributed by atoms with Crippen LogP contribution in [-0.4, -0.2) is 74.9 Å². The summed E-state index contributed by atoms with van der Waals surface area (Å²) in [5, 5.41) is 0. The number of rotatable bonds is 45. The summed E-state index contributed by atoms with van der Waals surface area (Å²) in [4.78, 5) is 35.5. The molecule has 2 atom stereocenters. The van der Waals surface area contributed by atoms with Gasteiger partial charge in [-0.3, -0.25) is 18.6 Å². The number of hydrogen-bond acceptors (Lipinski definition) is 7. The minimum Gasteiger partial charge on any atom is -0.462 e. The van der Waals surface area contributed by atoms with Gasteiger partial charge in [-0.05, 0) is 38.5 Å². The molecule has 0 saturated carbocycles. The van der Waals surface area contributed by atoms with E-state index in [-0.39, 0.29) is 32.0 Å². The van der Waals surface area contributed by atoms with Crippen LogP contribution in [0.2, 0.25) is 0 Å². The number of carbonyl (C=O) groups excluding carboxylic acids is 2. The van der Waals surface area contributed by atoms with Crippen molar-refractivity contribution >= 4 is 19.8 Å². The van der Waals surface area contributed by atoms with Gasteiger partial charge in [-0.2, -0.15) is 0 Å². The molecule has 0 radical (unpaired) electrons. The number of hydrogen-bond donors (Lipinski definition) is 1. The van der Waals surface area contributed by atoms with Crippen molar-refractivity contribution in [2.45, 2.75) is 238 Å². The third-order valence-corrected chi connectivity index (χ3v) is 11.8. The van der Waals surface area contributed by atoms with Crippen LogP contribution in [0.5, 0.6) is 0 Å². The molecule has 0 rings (SSSR count). The SMILES string of the molecule is CCCCCC/C=C\CCCCCCCCCC(=O)OC[C@H](COP(=O)(O)OCC[N+](C)(C)C)OC(=O)CCCCCCCCCCCCCCCCCCCCC. The van der Waals surface area contributed by atoms with Crippen LogP contribution in [0.1, 0.15) is 232 Å². The van der Waals surface area contributed by atoms with E-state index in [1.165, 1.54) is 167 Å². The molecule has 0 aliphatic heterocycles. The number of likely N-dealkylation sites (N-methyl/N-ethyl adjacent to an activating group) is 1. The average Bonchev–Trinajstić information content (AvgIpc) is 3.17. The van der Waals surface area contributed by atoms with Gasteiger partial charge in [0, 0.05) is 12.8 Å². The Morgan fingerprint density at radius 1 is 0.517 bits per heavy atom. The molecule has 344 valence electrons. The Hall–Kier alpha value is -1.25. The molecule has 0 aliphatic rings. The van der Waals surface area contributed by atoms with Crippen LogP contribution in [0.4, 0.5) is 0 Å². The molecule has 0 spiro atoms. The summed E-state index contributed by atoms with van der Waals surface area (Å²) in [6.45, 7) is 4.45. The van der Waals surface area contributed by atoms with Crippen molar-refractivity contribution < 1.29 is 42.1 Å². The Morgan fingerprint density at radius 2 is 0.879 bits per heavy atom. The smallest absolute Gasteiger partial charge is 0.462 e. The van der Waals surface area contributed by atoms with E-state index in [2.05, 4.69) is 26.0 Å². The first-order valence-corrected chi connectivity index (χ1v) is 25.9. The van der Waals surface area contributed by atoms with Crippen molar-refractivity contribution in [1.82, 2.24) is 0 Å². The normalized spacial score (nSPS) is 13.6. The van der Waals surface area contributed by atoms with E-state index in [1.54, 1.807) is 0 Å². The summed E-state index contributed by atoms with van der Waals surface area (Å²) in [6.07, 6.45) is 44.0. The standard InChI is InChI=1S/C48H94NO8P/c1-6-8-10-12-14-16-18-20-22-23-24-25-27-29-31-33-35-37-39-41-48(51)57-46(45-56-58(52,53)55-43-42-49(3,4)5)44-54-47(50)40-38-36-34-32-30-28-26-21-19-17-15-13-11-9-7-2/h17,19,46H,6-16,18,20-45H2,1-5H3/p+1/b19-17-/t46-/m1/s1. The maximum absolute atomic E-state index is 12.7. The number of unbranched alkanes of at least 4 members (excludes halogenated alkanes) is 29. The molecule has 58 heavy (non-hydrogen) atoms. The van der Waals surface area contributed by atoms with Crippen molar-refractivity contribution in [2.75, 3.05) is 47.5 Å². The third-order valence-electron chi connectivity index (χ3n) is 10.8. The van der Waals surface area contributed by atoms with Gasteiger partial charge >= 0.3 is 19.8 Å². The Kier molecular flexibility index (Phi) is 40.2. The van der Waals surface area contributed by atoms with E-state index < -0.39 is 26.5 Å². The lowest BCUT2D eigenvalue weighted by atomic mass is 10.0. The fraction of sp³-hybridized carbons (Fsp3) is 0.917. The van der Waals surface area contributed by atoms with Gasteiger partial charge in [-0.25, -0.2) is 4.57 Å². The van der Waals surface area contributed by atoms with Gasteiger partial charge in [-0.15, -0.1) is 0 Å². The number of carbonyl (C=O) groups is 2. The topological polar surface area (TPSA) is 108 Å². The van der Waals surface area contributed by atoms with Gasteiger partial charge in [0.05, 0.1) is 27.7 Å². The molecule has 10 heteroatoms. The molecule has 9 nitrogen and oxygen atoms in total. The molecule has 0 heterocycles. The largest absolute Gasteiger partial charge is 0.472 e. The van der Waals surface area contributed by atoms with Crippen molar-refractivity contribution in [3.63, 3.8) is 0 Å². The van der Waals surface area contributed by atoms with Crippen LogP contribution >= 0.6 is 7.82 Å². The summed E-state index contributed by atoms with van der Waals surface area (Å²) < 4.78 is 34.4. The Labute approximate surface area is 358 Å². The average molecular weight is 845 g/mol. The molecule has 0 amide bonds. The van der Waals surface area contributed by atoms with Crippen LogP contribution in [0, 0.1) is 0 Å². The van der Waals surface area contributed by atoms with E-state index in [9.17, 15) is 19.0 Å². The van der Waals surface area contributed by atoms with Gasteiger partial charge in [0.15, 0.2) is 6.10 Å². The first-order chi connectivity index (χ1) is 28.0. The van der Waals surface area contributed by atoms with Gasteiger partial charge in [0.2, 0.25) is 0 Å². The fourth-order valence-electron chi connectivity index (χ4n) is 6.95. The molecule has 0 aromatic rings. The number of ether oxygens (including phenoxy) is 2. The number of phosphoric ester groups is 1. The predicted molar refractivity (Wildman–Crippen MR) is 243 cm³/mol. The summed E-state index contributed by atoms with van der Waals surface area (Å²) in [5.74, 6) is -0.790. The zero-order chi connectivity index (χ0) is 42.8. The lowest BCUT2D eigenvalue weighted by molar-refractivity contribution is -0.870.